The Balaban J connectivity index is 1.84. The highest BCUT2D eigenvalue weighted by molar-refractivity contribution is 9.10. The summed E-state index contributed by atoms with van der Waals surface area (Å²) >= 11 is 9.18. The predicted molar refractivity (Wildman–Crippen MR) is 128 cm³/mol. The van der Waals surface area contributed by atoms with Crippen molar-refractivity contribution in [2.75, 3.05) is 5.32 Å². The molecule has 12 heteroatoms. The number of nitro groups is 2. The van der Waals surface area contributed by atoms with Crippen molar-refractivity contribution in [1.82, 2.24) is 0 Å². The smallest absolute Gasteiger partial charge is 0.318 e. The van der Waals surface area contributed by atoms with E-state index in [1.54, 1.807) is 18.2 Å². The number of benzene rings is 3. The molecule has 0 unspecified atom stereocenters. The number of nitriles is 1. The van der Waals surface area contributed by atoms with Gasteiger partial charge >= 0.3 is 5.69 Å². The number of amides is 1. The minimum absolute atomic E-state index is 0.174. The SMILES string of the molecule is N#C/C(=C\c1ccc(Oc2ccc([N+](=O)[O-])cc2[N+](=O)[O-])c(Br)c1)C(=O)Nc1cccc(Cl)c1. The number of nitrogens with zero attached hydrogens (tertiary/aromatic N) is 3. The van der Waals surface area contributed by atoms with E-state index < -0.39 is 27.1 Å². The lowest BCUT2D eigenvalue weighted by atomic mass is 10.1. The van der Waals surface area contributed by atoms with Gasteiger partial charge in [0, 0.05) is 16.8 Å². The number of ether oxygens (including phenoxy) is 1. The Morgan fingerprint density at radius 3 is 2.41 bits per heavy atom. The number of anilines is 1. The van der Waals surface area contributed by atoms with Crippen LogP contribution < -0.4 is 10.1 Å². The topological polar surface area (TPSA) is 148 Å². The van der Waals surface area contributed by atoms with Crippen LogP contribution in [0.5, 0.6) is 11.5 Å². The van der Waals surface area contributed by atoms with Gasteiger partial charge in [-0.05, 0) is 64.0 Å². The fraction of sp³-hybridized carbons (Fsp3) is 0. The lowest BCUT2D eigenvalue weighted by Gasteiger charge is -2.09. The molecular weight excluding hydrogens is 532 g/mol. The molecule has 0 atom stereocenters. The third-order valence-electron chi connectivity index (χ3n) is 4.28. The minimum Gasteiger partial charge on any atom is -0.449 e. The molecule has 0 aliphatic heterocycles. The predicted octanol–water partition coefficient (Wildman–Crippen LogP) is 6.26. The van der Waals surface area contributed by atoms with Gasteiger partial charge in [-0.15, -0.1) is 0 Å². The van der Waals surface area contributed by atoms with E-state index in [0.29, 0.717) is 20.7 Å². The first-order valence-corrected chi connectivity index (χ1v) is 10.4. The Hall–Kier alpha value is -4.27. The number of carbonyl (C=O) groups is 1. The zero-order valence-electron chi connectivity index (χ0n) is 16.9. The fourth-order valence-corrected chi connectivity index (χ4v) is 3.40. The van der Waals surface area contributed by atoms with Crippen molar-refractivity contribution < 1.29 is 19.4 Å². The number of nitrogens with one attached hydrogen (secondary N) is 1. The van der Waals surface area contributed by atoms with E-state index in [2.05, 4.69) is 21.2 Å². The van der Waals surface area contributed by atoms with Gasteiger partial charge in [-0.25, -0.2) is 0 Å². The van der Waals surface area contributed by atoms with Crippen LogP contribution in [0, 0.1) is 31.6 Å². The molecule has 34 heavy (non-hydrogen) atoms. The number of nitro benzene ring substituents is 2. The molecule has 0 saturated heterocycles. The molecule has 1 N–H and O–H groups in total. The molecule has 3 rings (SSSR count). The molecule has 0 bridgehead atoms. The van der Waals surface area contributed by atoms with E-state index in [9.17, 15) is 30.3 Å². The van der Waals surface area contributed by atoms with E-state index >= 15 is 0 Å². The monoisotopic (exact) mass is 542 g/mol. The molecule has 0 radical (unpaired) electrons. The van der Waals surface area contributed by atoms with Crippen LogP contribution in [0.4, 0.5) is 17.1 Å². The lowest BCUT2D eigenvalue weighted by molar-refractivity contribution is -0.394. The van der Waals surface area contributed by atoms with Crippen LogP contribution in [0.3, 0.4) is 0 Å². The van der Waals surface area contributed by atoms with Crippen LogP contribution in [0.25, 0.3) is 6.08 Å². The summed E-state index contributed by atoms with van der Waals surface area (Å²) < 4.78 is 5.93. The molecule has 0 aromatic heterocycles. The van der Waals surface area contributed by atoms with Gasteiger partial charge < -0.3 is 10.1 Å². The first-order chi connectivity index (χ1) is 16.2. The average Bonchev–Trinajstić information content (AvgIpc) is 2.79. The van der Waals surface area contributed by atoms with Crippen LogP contribution in [-0.4, -0.2) is 15.8 Å². The van der Waals surface area contributed by atoms with E-state index in [4.69, 9.17) is 16.3 Å². The van der Waals surface area contributed by atoms with Crippen molar-refractivity contribution in [2.24, 2.45) is 0 Å². The van der Waals surface area contributed by atoms with Gasteiger partial charge in [-0.1, -0.05) is 23.7 Å². The number of hydrogen-bond donors (Lipinski definition) is 1. The van der Waals surface area contributed by atoms with Gasteiger partial charge in [-0.3, -0.25) is 25.0 Å². The summed E-state index contributed by atoms with van der Waals surface area (Å²) in [5, 5.41) is 34.6. The van der Waals surface area contributed by atoms with Crippen molar-refractivity contribution in [3.63, 3.8) is 0 Å². The minimum atomic E-state index is -0.787. The molecule has 3 aromatic carbocycles. The summed E-state index contributed by atoms with van der Waals surface area (Å²) in [7, 11) is 0. The number of hydrogen-bond acceptors (Lipinski definition) is 7. The third kappa shape index (κ3) is 5.94. The first kappa shape index (κ1) is 24.4. The molecule has 0 heterocycles. The molecule has 0 fully saturated rings. The van der Waals surface area contributed by atoms with E-state index in [-0.39, 0.29) is 17.1 Å². The highest BCUT2D eigenvalue weighted by Gasteiger charge is 2.22. The standard InChI is InChI=1S/C22H12BrClN4O6/c23-18-9-13(8-14(12-25)22(29)26-16-3-1-2-15(24)10-16)4-6-20(18)34-21-7-5-17(27(30)31)11-19(21)28(32)33/h1-11H,(H,26,29)/b14-8+. The Morgan fingerprint density at radius 1 is 1.06 bits per heavy atom. The van der Waals surface area contributed by atoms with Crippen LogP contribution in [0.1, 0.15) is 5.56 Å². The van der Waals surface area contributed by atoms with Gasteiger partial charge in [0.25, 0.3) is 11.6 Å². The van der Waals surface area contributed by atoms with Crippen molar-refractivity contribution in [2.45, 2.75) is 0 Å². The number of non-ortho nitro benzene ring substituents is 1. The number of rotatable bonds is 7. The second kappa shape index (κ2) is 10.6. The molecule has 0 aliphatic rings. The molecule has 170 valence electrons. The molecule has 0 saturated carbocycles. The highest BCUT2D eigenvalue weighted by atomic mass is 79.9. The highest BCUT2D eigenvalue weighted by Crippen LogP contribution is 2.37. The largest absolute Gasteiger partial charge is 0.449 e. The van der Waals surface area contributed by atoms with E-state index in [1.165, 1.54) is 30.3 Å². The maximum atomic E-state index is 12.4. The van der Waals surface area contributed by atoms with Gasteiger partial charge in [0.1, 0.15) is 17.4 Å². The summed E-state index contributed by atoms with van der Waals surface area (Å²) in [6, 6.07) is 15.8. The van der Waals surface area contributed by atoms with Gasteiger partial charge in [-0.2, -0.15) is 5.26 Å². The van der Waals surface area contributed by atoms with Gasteiger partial charge in [0.15, 0.2) is 0 Å². The van der Waals surface area contributed by atoms with Crippen molar-refractivity contribution in [3.8, 4) is 17.6 Å². The van der Waals surface area contributed by atoms with Crippen LogP contribution in [0.15, 0.2) is 70.7 Å². The van der Waals surface area contributed by atoms with Crippen molar-refractivity contribution in [1.29, 1.82) is 5.26 Å². The number of carbonyl (C=O) groups excluding carboxylic acids is 1. The summed E-state index contributed by atoms with van der Waals surface area (Å²) in [5.74, 6) is -0.656. The zero-order valence-corrected chi connectivity index (χ0v) is 19.2. The Kier molecular flexibility index (Phi) is 7.57. The molecule has 3 aromatic rings. The second-order valence-corrected chi connectivity index (χ2v) is 7.88. The van der Waals surface area contributed by atoms with Crippen LogP contribution >= 0.6 is 27.5 Å². The summed E-state index contributed by atoms with van der Waals surface area (Å²) in [6.45, 7) is 0. The van der Waals surface area contributed by atoms with Crippen LogP contribution in [-0.2, 0) is 4.79 Å². The summed E-state index contributed by atoms with van der Waals surface area (Å²) in [4.78, 5) is 33.1. The second-order valence-electron chi connectivity index (χ2n) is 6.59. The molecule has 0 spiro atoms. The quantitative estimate of drug-likeness (QED) is 0.160. The number of halogens is 2. The normalized spacial score (nSPS) is 10.8. The van der Waals surface area contributed by atoms with Crippen LogP contribution in [0.2, 0.25) is 5.02 Å². The fourth-order valence-electron chi connectivity index (χ4n) is 2.74. The van der Waals surface area contributed by atoms with Crippen molar-refractivity contribution in [3.05, 3.63) is 102 Å². The lowest BCUT2D eigenvalue weighted by Crippen LogP contribution is -2.13. The van der Waals surface area contributed by atoms with Gasteiger partial charge in [0.2, 0.25) is 5.75 Å². The summed E-state index contributed by atoms with van der Waals surface area (Å²) in [6.07, 6.45) is 1.35. The first-order valence-electron chi connectivity index (χ1n) is 9.27. The van der Waals surface area contributed by atoms with Gasteiger partial charge in [0.05, 0.1) is 20.4 Å². The average molecular weight is 544 g/mol. The Morgan fingerprint density at radius 2 is 1.79 bits per heavy atom. The molecule has 1 amide bonds. The maximum absolute atomic E-state index is 12.4. The zero-order chi connectivity index (χ0) is 24.8. The van der Waals surface area contributed by atoms with E-state index in [0.717, 1.165) is 18.2 Å². The maximum Gasteiger partial charge on any atom is 0.318 e. The van der Waals surface area contributed by atoms with E-state index in [1.807, 2.05) is 6.07 Å². The molecular formula is C22H12BrClN4O6. The Labute approximate surface area is 205 Å². The molecule has 10 nitrogen and oxygen atoms in total. The summed E-state index contributed by atoms with van der Waals surface area (Å²) in [5.41, 5.74) is -0.303. The Bertz CT molecular complexity index is 1390. The molecule has 0 aliphatic carbocycles. The third-order valence-corrected chi connectivity index (χ3v) is 5.14. The van der Waals surface area contributed by atoms with Crippen molar-refractivity contribution >= 4 is 56.6 Å².